The van der Waals surface area contributed by atoms with Gasteiger partial charge in [-0.15, -0.1) is 16.4 Å². The molecule has 4 rings (SSSR count). The number of fused-ring (bicyclic) bond motifs is 2. The molecule has 0 aliphatic rings. The van der Waals surface area contributed by atoms with E-state index < -0.39 is 12.0 Å². The summed E-state index contributed by atoms with van der Waals surface area (Å²) in [5.74, 6) is -1.43. The van der Waals surface area contributed by atoms with Crippen LogP contribution in [0.5, 0.6) is 0 Å². The van der Waals surface area contributed by atoms with E-state index in [1.807, 2.05) is 31.2 Å². The Balaban J connectivity index is 1.51. The number of hydrogen-bond acceptors (Lipinski definition) is 6. The highest BCUT2D eigenvalue weighted by molar-refractivity contribution is 7.18. The minimum Gasteiger partial charge on any atom is -0.337 e. The fourth-order valence-electron chi connectivity index (χ4n) is 3.55. The van der Waals surface area contributed by atoms with Crippen LogP contribution in [0.15, 0.2) is 24.3 Å². The van der Waals surface area contributed by atoms with Crippen molar-refractivity contribution >= 4 is 33.2 Å². The van der Waals surface area contributed by atoms with Crippen LogP contribution in [0, 0.1) is 13.8 Å². The molecular formula is C21H21F3N6OS. The number of halogens is 3. The van der Waals surface area contributed by atoms with Crippen molar-refractivity contribution in [3.8, 4) is 0 Å². The van der Waals surface area contributed by atoms with Crippen LogP contribution in [0.2, 0.25) is 0 Å². The van der Waals surface area contributed by atoms with Crippen LogP contribution < -0.4 is 0 Å². The van der Waals surface area contributed by atoms with Crippen LogP contribution >= 0.6 is 11.3 Å². The van der Waals surface area contributed by atoms with Crippen LogP contribution in [-0.2, 0) is 17.4 Å². The first-order valence-electron chi connectivity index (χ1n) is 9.97. The summed E-state index contributed by atoms with van der Waals surface area (Å²) in [4.78, 5) is 26.8. The minimum atomic E-state index is -4.65. The number of carbonyl (C=O) groups excluding carboxylic acids is 1. The summed E-state index contributed by atoms with van der Waals surface area (Å²) in [6.07, 6.45) is -4.14. The number of amides is 1. The molecule has 0 fully saturated rings. The Morgan fingerprint density at radius 2 is 1.91 bits per heavy atom. The van der Waals surface area contributed by atoms with Gasteiger partial charge >= 0.3 is 6.18 Å². The van der Waals surface area contributed by atoms with Crippen LogP contribution in [0.1, 0.15) is 47.2 Å². The van der Waals surface area contributed by atoms with Gasteiger partial charge in [0.15, 0.2) is 0 Å². The lowest BCUT2D eigenvalue weighted by atomic mass is 10.1. The van der Waals surface area contributed by atoms with Crippen LogP contribution in [0.3, 0.4) is 0 Å². The number of para-hydroxylation sites is 1. The van der Waals surface area contributed by atoms with E-state index in [1.165, 1.54) is 0 Å². The highest BCUT2D eigenvalue weighted by Gasteiger charge is 2.37. The molecule has 0 radical (unpaired) electrons. The van der Waals surface area contributed by atoms with Gasteiger partial charge in [0.2, 0.25) is 5.91 Å². The van der Waals surface area contributed by atoms with E-state index in [0.29, 0.717) is 23.4 Å². The lowest BCUT2D eigenvalue weighted by Crippen LogP contribution is -2.30. The number of alkyl halides is 3. The maximum absolute atomic E-state index is 13.0. The fourth-order valence-corrected chi connectivity index (χ4v) is 4.61. The van der Waals surface area contributed by atoms with Crippen molar-refractivity contribution in [2.45, 2.75) is 45.8 Å². The van der Waals surface area contributed by atoms with Gasteiger partial charge in [-0.3, -0.25) is 4.79 Å². The Hall–Kier alpha value is -3.08. The normalized spacial score (nSPS) is 13.1. The molecule has 168 valence electrons. The zero-order valence-electron chi connectivity index (χ0n) is 17.9. The van der Waals surface area contributed by atoms with Crippen molar-refractivity contribution < 1.29 is 18.0 Å². The molecule has 4 aromatic rings. The van der Waals surface area contributed by atoms with Crippen molar-refractivity contribution in [3.63, 3.8) is 0 Å². The zero-order valence-corrected chi connectivity index (χ0v) is 18.8. The molecule has 0 aliphatic heterocycles. The summed E-state index contributed by atoms with van der Waals surface area (Å²) in [5, 5.41) is 4.40. The molecule has 3 aromatic heterocycles. The van der Waals surface area contributed by atoms with Crippen molar-refractivity contribution in [1.82, 2.24) is 29.5 Å². The Bertz CT molecular complexity index is 1280. The molecule has 7 nitrogen and oxygen atoms in total. The number of hydrogen-bond donors (Lipinski definition) is 0. The number of rotatable bonds is 5. The summed E-state index contributed by atoms with van der Waals surface area (Å²) >= 11 is 1.55. The summed E-state index contributed by atoms with van der Waals surface area (Å²) in [7, 11) is 1.73. The average molecular weight is 463 g/mol. The van der Waals surface area contributed by atoms with Crippen LogP contribution in [-0.4, -0.2) is 42.4 Å². The Kier molecular flexibility index (Phi) is 5.61. The van der Waals surface area contributed by atoms with Gasteiger partial charge in [0.1, 0.15) is 5.01 Å². The first-order valence-corrected chi connectivity index (χ1v) is 10.8. The topological polar surface area (TPSA) is 76.3 Å². The van der Waals surface area contributed by atoms with Gasteiger partial charge in [-0.25, -0.2) is 14.5 Å². The van der Waals surface area contributed by atoms with Crippen molar-refractivity contribution in [2.24, 2.45) is 0 Å². The quantitative estimate of drug-likeness (QED) is 0.436. The first kappa shape index (κ1) is 22.1. The molecular weight excluding hydrogens is 441 g/mol. The van der Waals surface area contributed by atoms with Gasteiger partial charge in [0.05, 0.1) is 16.3 Å². The third-order valence-corrected chi connectivity index (χ3v) is 6.74. The highest BCUT2D eigenvalue weighted by Crippen LogP contribution is 2.30. The van der Waals surface area contributed by atoms with Crippen molar-refractivity contribution in [1.29, 1.82) is 0 Å². The summed E-state index contributed by atoms with van der Waals surface area (Å²) < 4.78 is 41.0. The Morgan fingerprint density at radius 1 is 1.19 bits per heavy atom. The molecule has 0 saturated heterocycles. The molecule has 1 amide bonds. The van der Waals surface area contributed by atoms with Crippen LogP contribution in [0.25, 0.3) is 16.0 Å². The fraction of sp³-hybridized carbons (Fsp3) is 0.381. The molecule has 1 unspecified atom stereocenters. The monoisotopic (exact) mass is 462 g/mol. The second kappa shape index (κ2) is 8.12. The zero-order chi connectivity index (χ0) is 23.2. The number of carbonyl (C=O) groups is 1. The first-order chi connectivity index (χ1) is 15.1. The van der Waals surface area contributed by atoms with Gasteiger partial charge in [-0.05, 0) is 44.9 Å². The highest BCUT2D eigenvalue weighted by atomic mass is 32.1. The summed E-state index contributed by atoms with van der Waals surface area (Å²) in [6.45, 7) is 5.28. The van der Waals surface area contributed by atoms with E-state index in [0.717, 1.165) is 19.7 Å². The SMILES string of the molecule is Cc1nc2nc(C(F)(F)F)nn2c(C)c1CCC(=O)N(C)C(C)c1nc2ccccc2s1. The molecule has 0 N–H and O–H groups in total. The van der Waals surface area contributed by atoms with E-state index in [9.17, 15) is 18.0 Å². The summed E-state index contributed by atoms with van der Waals surface area (Å²) in [5.41, 5.74) is 2.61. The van der Waals surface area contributed by atoms with Crippen molar-refractivity contribution in [3.05, 3.63) is 52.0 Å². The standard InChI is InChI=1S/C21H21F3N6OS/c1-11-14(12(2)30-20(25-11)27-19(28-30)21(22,23)24)9-10-17(31)29(4)13(3)18-26-15-7-5-6-8-16(15)32-18/h5-8,13H,9-10H2,1-4H3. The third-order valence-electron chi connectivity index (χ3n) is 5.53. The predicted octanol–water partition coefficient (Wildman–Crippen LogP) is 4.52. The van der Waals surface area contributed by atoms with Gasteiger partial charge in [0.25, 0.3) is 11.6 Å². The largest absolute Gasteiger partial charge is 0.453 e. The van der Waals surface area contributed by atoms with Gasteiger partial charge < -0.3 is 4.90 Å². The van der Waals surface area contributed by atoms with Gasteiger partial charge in [0, 0.05) is 24.9 Å². The molecule has 0 aliphatic carbocycles. The average Bonchev–Trinajstić information content (AvgIpc) is 3.36. The van der Waals surface area contributed by atoms with Crippen LogP contribution in [0.4, 0.5) is 13.2 Å². The van der Waals surface area contributed by atoms with Gasteiger partial charge in [-0.1, -0.05) is 12.1 Å². The number of thiazole rings is 1. The maximum Gasteiger partial charge on any atom is 0.453 e. The molecule has 32 heavy (non-hydrogen) atoms. The Labute approximate surface area is 185 Å². The number of aryl methyl sites for hydroxylation is 2. The van der Waals surface area contributed by atoms with Crippen molar-refractivity contribution in [2.75, 3.05) is 7.05 Å². The molecule has 3 heterocycles. The Morgan fingerprint density at radius 3 is 2.59 bits per heavy atom. The summed E-state index contributed by atoms with van der Waals surface area (Å²) in [6, 6.07) is 7.60. The number of aromatic nitrogens is 5. The minimum absolute atomic E-state index is 0.0924. The molecule has 0 bridgehead atoms. The number of nitrogens with zero attached hydrogens (tertiary/aromatic N) is 6. The molecule has 0 saturated carbocycles. The molecule has 1 atom stereocenters. The van der Waals surface area contributed by atoms with E-state index in [2.05, 4.69) is 20.1 Å². The lowest BCUT2D eigenvalue weighted by Gasteiger charge is -2.23. The molecule has 11 heteroatoms. The lowest BCUT2D eigenvalue weighted by molar-refractivity contribution is -0.144. The number of benzene rings is 1. The van der Waals surface area contributed by atoms with E-state index >= 15 is 0 Å². The second-order valence-corrected chi connectivity index (χ2v) is 8.67. The maximum atomic E-state index is 13.0. The van der Waals surface area contributed by atoms with E-state index in [1.54, 1.807) is 37.1 Å². The second-order valence-electron chi connectivity index (χ2n) is 7.61. The molecule has 0 spiro atoms. The third kappa shape index (κ3) is 4.04. The van der Waals surface area contributed by atoms with E-state index in [-0.39, 0.29) is 24.1 Å². The molecule has 1 aromatic carbocycles. The van der Waals surface area contributed by atoms with E-state index in [4.69, 9.17) is 0 Å². The predicted molar refractivity (Wildman–Crippen MR) is 114 cm³/mol. The smallest absolute Gasteiger partial charge is 0.337 e. The van der Waals surface area contributed by atoms with Gasteiger partial charge in [-0.2, -0.15) is 18.2 Å².